The average Bonchev–Trinajstić information content (AvgIpc) is 2.69. The van der Waals surface area contributed by atoms with Crippen molar-refractivity contribution in [2.75, 3.05) is 13.1 Å². The first kappa shape index (κ1) is 28.4. The molecule has 0 spiro atoms. The predicted molar refractivity (Wildman–Crippen MR) is 118 cm³/mol. The zero-order valence-electron chi connectivity index (χ0n) is 17.9. The van der Waals surface area contributed by atoms with Crippen molar-refractivity contribution in [1.82, 2.24) is 21.3 Å². The molecule has 15 heteroatoms. The highest BCUT2D eigenvalue weighted by Crippen LogP contribution is 2.02. The lowest BCUT2D eigenvalue weighted by Crippen LogP contribution is -2.51. The highest BCUT2D eigenvalue weighted by molar-refractivity contribution is 5.90. The number of amides is 4. The van der Waals surface area contributed by atoms with Gasteiger partial charge in [0, 0.05) is 19.5 Å². The fraction of sp³-hybridized carbons (Fsp3) is 0.647. The van der Waals surface area contributed by atoms with Crippen molar-refractivity contribution in [3.05, 3.63) is 0 Å². The molecule has 0 heterocycles. The monoisotopic (exact) mass is 457 g/mol. The Kier molecular flexibility index (Phi) is 13.5. The molecule has 0 aliphatic heterocycles. The topological polar surface area (TPSA) is 294 Å². The summed E-state index contributed by atoms with van der Waals surface area (Å²) in [6.07, 6.45) is 1.13. The van der Waals surface area contributed by atoms with Crippen molar-refractivity contribution < 1.29 is 19.2 Å². The zero-order valence-corrected chi connectivity index (χ0v) is 17.9. The van der Waals surface area contributed by atoms with E-state index in [1.807, 2.05) is 0 Å². The van der Waals surface area contributed by atoms with Gasteiger partial charge in [-0.3, -0.25) is 30.0 Å². The summed E-state index contributed by atoms with van der Waals surface area (Å²) in [6.45, 7) is 0.666. The smallest absolute Gasteiger partial charge is 0.240 e. The van der Waals surface area contributed by atoms with Gasteiger partial charge in [-0.15, -0.1) is 0 Å². The van der Waals surface area contributed by atoms with Crippen molar-refractivity contribution in [3.8, 4) is 0 Å². The number of hydrogen-bond donors (Lipinski definition) is 11. The molecular formula is C17H35N11O4. The molecule has 0 radical (unpaired) electrons. The molecule has 0 aromatic carbocycles. The molecule has 0 bridgehead atoms. The lowest BCUT2D eigenvalue weighted by molar-refractivity contribution is -0.129. The van der Waals surface area contributed by atoms with E-state index in [1.54, 1.807) is 0 Å². The Balaban J connectivity index is 4.46. The first-order valence-corrected chi connectivity index (χ1v) is 10.0. The second kappa shape index (κ2) is 15.2. The molecule has 16 N–H and O–H groups in total. The van der Waals surface area contributed by atoms with Crippen molar-refractivity contribution in [3.63, 3.8) is 0 Å². The van der Waals surface area contributed by atoms with Gasteiger partial charge in [0.1, 0.15) is 12.1 Å². The van der Waals surface area contributed by atoms with Crippen molar-refractivity contribution in [2.45, 2.75) is 56.7 Å². The SMILES string of the molecule is N=C(N)NCCCC(NC(=O)CC[C@H](N)C(=O)NC(CCCNC(=N)N)C(N)=O)C(N)=O. The Morgan fingerprint density at radius 3 is 1.56 bits per heavy atom. The number of nitrogens with two attached hydrogens (primary N) is 5. The van der Waals surface area contributed by atoms with E-state index in [9.17, 15) is 19.2 Å². The van der Waals surface area contributed by atoms with E-state index in [4.69, 9.17) is 39.5 Å². The summed E-state index contributed by atoms with van der Waals surface area (Å²) >= 11 is 0. The minimum Gasteiger partial charge on any atom is -0.370 e. The first-order chi connectivity index (χ1) is 14.9. The molecule has 0 saturated carbocycles. The Bertz CT molecular complexity index is 685. The van der Waals surface area contributed by atoms with Gasteiger partial charge < -0.3 is 49.9 Å². The van der Waals surface area contributed by atoms with Crippen LogP contribution >= 0.6 is 0 Å². The average molecular weight is 458 g/mol. The molecule has 0 aromatic heterocycles. The third kappa shape index (κ3) is 13.6. The van der Waals surface area contributed by atoms with E-state index >= 15 is 0 Å². The van der Waals surface area contributed by atoms with Crippen LogP contribution in [0.5, 0.6) is 0 Å². The van der Waals surface area contributed by atoms with Crippen LogP contribution in [0, 0.1) is 10.8 Å². The number of rotatable bonds is 16. The minimum absolute atomic E-state index is 0.0353. The van der Waals surface area contributed by atoms with Crippen LogP contribution in [-0.4, -0.2) is 66.8 Å². The molecule has 0 aliphatic rings. The van der Waals surface area contributed by atoms with Crippen LogP contribution in [0.15, 0.2) is 0 Å². The lowest BCUT2D eigenvalue weighted by Gasteiger charge is -2.19. The predicted octanol–water partition coefficient (Wildman–Crippen LogP) is -4.44. The number of guanidine groups is 2. The molecular weight excluding hydrogens is 422 g/mol. The fourth-order valence-electron chi connectivity index (χ4n) is 2.59. The molecule has 0 rings (SSSR count). The molecule has 4 amide bonds. The van der Waals surface area contributed by atoms with Crippen molar-refractivity contribution in [2.24, 2.45) is 28.7 Å². The molecule has 3 atom stereocenters. The van der Waals surface area contributed by atoms with Gasteiger partial charge in [-0.05, 0) is 32.1 Å². The highest BCUT2D eigenvalue weighted by atomic mass is 16.2. The van der Waals surface area contributed by atoms with E-state index < -0.39 is 41.8 Å². The standard InChI is InChI=1S/C17H35N11O4/c18-9(15(32)28-11(14(20)31)4-2-8-26-17(23)24)5-6-12(29)27-10(13(19)30)3-1-7-25-16(21)22/h9-11H,1-8,18H2,(H2,19,30)(H2,20,31)(H,27,29)(H,28,32)(H4,21,22,25)(H4,23,24,26)/t9-,10?,11?/m0/s1. The largest absolute Gasteiger partial charge is 0.370 e. The van der Waals surface area contributed by atoms with E-state index in [0.29, 0.717) is 25.9 Å². The van der Waals surface area contributed by atoms with Gasteiger partial charge in [0.05, 0.1) is 6.04 Å². The van der Waals surface area contributed by atoms with Crippen LogP contribution in [0.3, 0.4) is 0 Å². The van der Waals surface area contributed by atoms with Crippen LogP contribution in [0.4, 0.5) is 0 Å². The van der Waals surface area contributed by atoms with E-state index in [-0.39, 0.29) is 37.6 Å². The van der Waals surface area contributed by atoms with Gasteiger partial charge in [0.25, 0.3) is 0 Å². The quantitative estimate of drug-likeness (QED) is 0.0604. The summed E-state index contributed by atoms with van der Waals surface area (Å²) in [6, 6.07) is -2.95. The second-order valence-corrected chi connectivity index (χ2v) is 7.10. The molecule has 0 aliphatic carbocycles. The minimum atomic E-state index is -1.08. The Labute approximate surface area is 185 Å². The number of nitrogens with one attached hydrogen (secondary N) is 6. The van der Waals surface area contributed by atoms with Crippen LogP contribution < -0.4 is 49.9 Å². The van der Waals surface area contributed by atoms with Gasteiger partial charge in [0.2, 0.25) is 23.6 Å². The summed E-state index contributed by atoms with van der Waals surface area (Å²) in [5.41, 5.74) is 26.7. The van der Waals surface area contributed by atoms with Crippen LogP contribution in [-0.2, 0) is 19.2 Å². The van der Waals surface area contributed by atoms with Crippen LogP contribution in [0.2, 0.25) is 0 Å². The molecule has 0 fully saturated rings. The Morgan fingerprint density at radius 2 is 1.16 bits per heavy atom. The fourth-order valence-corrected chi connectivity index (χ4v) is 2.59. The summed E-state index contributed by atoms with van der Waals surface area (Å²) in [7, 11) is 0. The maximum Gasteiger partial charge on any atom is 0.240 e. The summed E-state index contributed by atoms with van der Waals surface area (Å²) in [4.78, 5) is 47.4. The third-order valence-electron chi connectivity index (χ3n) is 4.33. The van der Waals surface area contributed by atoms with Crippen LogP contribution in [0.1, 0.15) is 38.5 Å². The Morgan fingerprint density at radius 1 is 0.719 bits per heavy atom. The maximum atomic E-state index is 12.2. The number of hydrogen-bond acceptors (Lipinski definition) is 7. The van der Waals surface area contributed by atoms with Crippen molar-refractivity contribution in [1.29, 1.82) is 10.8 Å². The molecule has 15 nitrogen and oxygen atoms in total. The molecule has 182 valence electrons. The first-order valence-electron chi connectivity index (χ1n) is 10.0. The van der Waals surface area contributed by atoms with E-state index in [1.165, 1.54) is 0 Å². The van der Waals surface area contributed by atoms with E-state index in [0.717, 1.165) is 0 Å². The lowest BCUT2D eigenvalue weighted by atomic mass is 10.1. The second-order valence-electron chi connectivity index (χ2n) is 7.10. The zero-order chi connectivity index (χ0) is 24.7. The molecule has 2 unspecified atom stereocenters. The normalized spacial score (nSPS) is 13.2. The summed E-state index contributed by atoms with van der Waals surface area (Å²) < 4.78 is 0. The molecule has 32 heavy (non-hydrogen) atoms. The summed E-state index contributed by atoms with van der Waals surface area (Å²) in [5, 5.41) is 24.2. The Hall–Kier alpha value is -3.62. The maximum absolute atomic E-state index is 12.2. The van der Waals surface area contributed by atoms with Crippen molar-refractivity contribution >= 4 is 35.5 Å². The van der Waals surface area contributed by atoms with Gasteiger partial charge in [-0.2, -0.15) is 0 Å². The molecule has 0 saturated heterocycles. The number of carbonyl (C=O) groups is 4. The van der Waals surface area contributed by atoms with Gasteiger partial charge in [-0.25, -0.2) is 0 Å². The molecule has 0 aromatic rings. The number of primary amides is 2. The number of carbonyl (C=O) groups excluding carboxylic acids is 4. The third-order valence-corrected chi connectivity index (χ3v) is 4.33. The van der Waals surface area contributed by atoms with Crippen LogP contribution in [0.25, 0.3) is 0 Å². The van der Waals surface area contributed by atoms with Gasteiger partial charge >= 0.3 is 0 Å². The van der Waals surface area contributed by atoms with Gasteiger partial charge in [0.15, 0.2) is 11.9 Å². The van der Waals surface area contributed by atoms with E-state index in [2.05, 4.69) is 21.3 Å². The van der Waals surface area contributed by atoms with Gasteiger partial charge in [-0.1, -0.05) is 0 Å². The highest BCUT2D eigenvalue weighted by Gasteiger charge is 2.23. The summed E-state index contributed by atoms with van der Waals surface area (Å²) in [5.74, 6) is -3.04.